The van der Waals surface area contributed by atoms with Crippen molar-refractivity contribution in [3.8, 4) is 0 Å². The minimum absolute atomic E-state index is 0.0601. The standard InChI is InChI=1S/C16H24N2O3/c1-12-10-13(17-2)4-5-14(12)15(19)18(3)11-16(20)6-8-21-9-7-16/h4-5,10,17,20H,6-9,11H2,1-3H3. The largest absolute Gasteiger partial charge is 0.388 e. The van der Waals surface area contributed by atoms with Crippen molar-refractivity contribution in [3.05, 3.63) is 29.3 Å². The Morgan fingerprint density at radius 1 is 1.43 bits per heavy atom. The molecule has 2 rings (SSSR count). The van der Waals surface area contributed by atoms with Gasteiger partial charge in [-0.1, -0.05) is 0 Å². The first kappa shape index (κ1) is 15.8. The summed E-state index contributed by atoms with van der Waals surface area (Å²) in [6.45, 7) is 3.36. The van der Waals surface area contributed by atoms with E-state index in [2.05, 4.69) is 5.32 Å². The molecule has 2 N–H and O–H groups in total. The minimum Gasteiger partial charge on any atom is -0.388 e. The highest BCUT2D eigenvalue weighted by atomic mass is 16.5. The monoisotopic (exact) mass is 292 g/mol. The van der Waals surface area contributed by atoms with Crippen LogP contribution in [-0.2, 0) is 4.74 Å². The molecule has 21 heavy (non-hydrogen) atoms. The molecule has 1 amide bonds. The van der Waals surface area contributed by atoms with Gasteiger partial charge in [0, 0.05) is 57.9 Å². The molecule has 1 aliphatic rings. The van der Waals surface area contributed by atoms with Gasteiger partial charge in [-0.05, 0) is 30.7 Å². The second-order valence-electron chi connectivity index (χ2n) is 5.78. The lowest BCUT2D eigenvalue weighted by Crippen LogP contribution is -2.47. The normalized spacial score (nSPS) is 17.3. The fraction of sp³-hybridized carbons (Fsp3) is 0.562. The van der Waals surface area contributed by atoms with Gasteiger partial charge in [-0.15, -0.1) is 0 Å². The molecule has 0 aromatic heterocycles. The molecular formula is C16H24N2O3. The molecule has 1 aromatic carbocycles. The van der Waals surface area contributed by atoms with Crippen LogP contribution in [-0.4, -0.2) is 55.4 Å². The summed E-state index contributed by atoms with van der Waals surface area (Å²) in [7, 11) is 3.59. The minimum atomic E-state index is -0.832. The summed E-state index contributed by atoms with van der Waals surface area (Å²) in [6.07, 6.45) is 1.14. The number of anilines is 1. The van der Waals surface area contributed by atoms with E-state index in [-0.39, 0.29) is 5.91 Å². The van der Waals surface area contributed by atoms with Crippen molar-refractivity contribution in [1.29, 1.82) is 0 Å². The Hall–Kier alpha value is -1.59. The maximum absolute atomic E-state index is 12.5. The third-order valence-electron chi connectivity index (χ3n) is 4.05. The second-order valence-corrected chi connectivity index (χ2v) is 5.78. The lowest BCUT2D eigenvalue weighted by molar-refractivity contribution is -0.0734. The molecule has 0 aliphatic carbocycles. The third-order valence-corrected chi connectivity index (χ3v) is 4.05. The number of aryl methyl sites for hydroxylation is 1. The van der Waals surface area contributed by atoms with Gasteiger partial charge >= 0.3 is 0 Å². The van der Waals surface area contributed by atoms with Crippen molar-refractivity contribution in [2.24, 2.45) is 0 Å². The van der Waals surface area contributed by atoms with Crippen molar-refractivity contribution >= 4 is 11.6 Å². The Morgan fingerprint density at radius 2 is 2.10 bits per heavy atom. The van der Waals surface area contributed by atoms with Crippen LogP contribution in [0.2, 0.25) is 0 Å². The molecule has 1 aromatic rings. The number of likely N-dealkylation sites (N-methyl/N-ethyl adjacent to an activating group) is 1. The average molecular weight is 292 g/mol. The maximum atomic E-state index is 12.5. The number of amides is 1. The molecule has 0 bridgehead atoms. The number of benzene rings is 1. The summed E-state index contributed by atoms with van der Waals surface area (Å²) < 4.78 is 5.27. The number of hydrogen-bond donors (Lipinski definition) is 2. The van der Waals surface area contributed by atoms with Crippen molar-refractivity contribution < 1.29 is 14.6 Å². The van der Waals surface area contributed by atoms with Gasteiger partial charge in [0.1, 0.15) is 0 Å². The quantitative estimate of drug-likeness (QED) is 0.886. The van der Waals surface area contributed by atoms with Crippen LogP contribution in [0.4, 0.5) is 5.69 Å². The van der Waals surface area contributed by atoms with Crippen molar-refractivity contribution in [2.75, 3.05) is 39.2 Å². The van der Waals surface area contributed by atoms with Crippen LogP contribution < -0.4 is 5.32 Å². The summed E-state index contributed by atoms with van der Waals surface area (Å²) in [5.41, 5.74) is 1.75. The van der Waals surface area contributed by atoms with Crippen LogP contribution in [0.3, 0.4) is 0 Å². The topological polar surface area (TPSA) is 61.8 Å². The lowest BCUT2D eigenvalue weighted by atomic mass is 9.93. The van der Waals surface area contributed by atoms with Gasteiger partial charge in [-0.2, -0.15) is 0 Å². The first-order valence-electron chi connectivity index (χ1n) is 7.29. The Morgan fingerprint density at radius 3 is 2.67 bits per heavy atom. The van der Waals surface area contributed by atoms with E-state index in [9.17, 15) is 9.90 Å². The second kappa shape index (κ2) is 6.45. The number of aliphatic hydroxyl groups is 1. The fourth-order valence-electron chi connectivity index (χ4n) is 2.69. The summed E-state index contributed by atoms with van der Waals surface area (Å²) >= 11 is 0. The molecule has 5 nitrogen and oxygen atoms in total. The third kappa shape index (κ3) is 3.74. The molecule has 1 saturated heterocycles. The van der Waals surface area contributed by atoms with Gasteiger partial charge < -0.3 is 20.1 Å². The molecule has 0 unspecified atom stereocenters. The van der Waals surface area contributed by atoms with Gasteiger partial charge in [-0.3, -0.25) is 4.79 Å². The summed E-state index contributed by atoms with van der Waals surface area (Å²) in [5.74, 6) is -0.0601. The number of nitrogens with one attached hydrogen (secondary N) is 1. The number of hydrogen-bond acceptors (Lipinski definition) is 4. The zero-order valence-electron chi connectivity index (χ0n) is 13.0. The van der Waals surface area contributed by atoms with Gasteiger partial charge in [0.25, 0.3) is 5.91 Å². The number of ether oxygens (including phenoxy) is 1. The molecule has 5 heteroatoms. The number of rotatable bonds is 4. The van der Waals surface area contributed by atoms with Gasteiger partial charge in [0.15, 0.2) is 0 Å². The first-order chi connectivity index (χ1) is 9.95. The van der Waals surface area contributed by atoms with Crippen molar-refractivity contribution in [3.63, 3.8) is 0 Å². The molecule has 0 atom stereocenters. The smallest absolute Gasteiger partial charge is 0.253 e. The number of nitrogens with zero attached hydrogens (tertiary/aromatic N) is 1. The highest BCUT2D eigenvalue weighted by molar-refractivity contribution is 5.96. The Kier molecular flexibility index (Phi) is 4.85. The number of carbonyl (C=O) groups is 1. The summed E-state index contributed by atoms with van der Waals surface area (Å²) in [5, 5.41) is 13.6. The average Bonchev–Trinajstić information content (AvgIpc) is 2.46. The van der Waals surface area contributed by atoms with Crippen LogP contribution in [0.15, 0.2) is 18.2 Å². The molecule has 0 radical (unpaired) electrons. The summed E-state index contributed by atoms with van der Waals surface area (Å²) in [6, 6.07) is 5.66. The molecule has 0 saturated carbocycles. The molecule has 0 spiro atoms. The van der Waals surface area contributed by atoms with Crippen LogP contribution in [0, 0.1) is 6.92 Å². The predicted molar refractivity (Wildman–Crippen MR) is 82.7 cm³/mol. The fourth-order valence-corrected chi connectivity index (χ4v) is 2.69. The van der Waals surface area contributed by atoms with Crippen LogP contribution in [0.1, 0.15) is 28.8 Å². The van der Waals surface area contributed by atoms with E-state index < -0.39 is 5.60 Å². The van der Waals surface area contributed by atoms with E-state index >= 15 is 0 Å². The first-order valence-corrected chi connectivity index (χ1v) is 7.29. The molecule has 1 fully saturated rings. The van der Waals surface area contributed by atoms with Crippen LogP contribution >= 0.6 is 0 Å². The van der Waals surface area contributed by atoms with E-state index in [4.69, 9.17) is 4.74 Å². The lowest BCUT2D eigenvalue weighted by Gasteiger charge is -2.35. The predicted octanol–water partition coefficient (Wildman–Crippen LogP) is 1.65. The van der Waals surface area contributed by atoms with E-state index in [0.717, 1.165) is 11.3 Å². The summed E-state index contributed by atoms with van der Waals surface area (Å²) in [4.78, 5) is 14.1. The van der Waals surface area contributed by atoms with Gasteiger partial charge in [-0.25, -0.2) is 0 Å². The molecule has 116 valence electrons. The van der Waals surface area contributed by atoms with Crippen LogP contribution in [0.5, 0.6) is 0 Å². The number of carbonyl (C=O) groups excluding carboxylic acids is 1. The van der Waals surface area contributed by atoms with Crippen molar-refractivity contribution in [1.82, 2.24) is 4.90 Å². The molecule has 1 aliphatic heterocycles. The van der Waals surface area contributed by atoms with E-state index in [1.165, 1.54) is 0 Å². The highest BCUT2D eigenvalue weighted by Gasteiger charge is 2.32. The van der Waals surface area contributed by atoms with E-state index in [0.29, 0.717) is 38.2 Å². The van der Waals surface area contributed by atoms with Gasteiger partial charge in [0.2, 0.25) is 0 Å². The maximum Gasteiger partial charge on any atom is 0.253 e. The zero-order chi connectivity index (χ0) is 15.5. The van der Waals surface area contributed by atoms with Crippen LogP contribution in [0.25, 0.3) is 0 Å². The van der Waals surface area contributed by atoms with E-state index in [1.54, 1.807) is 11.9 Å². The Bertz CT molecular complexity index is 510. The molecular weight excluding hydrogens is 268 g/mol. The zero-order valence-corrected chi connectivity index (χ0v) is 13.0. The van der Waals surface area contributed by atoms with Gasteiger partial charge in [0.05, 0.1) is 5.60 Å². The Labute approximate surface area is 125 Å². The SMILES string of the molecule is CNc1ccc(C(=O)N(C)CC2(O)CCOCC2)c(C)c1. The highest BCUT2D eigenvalue weighted by Crippen LogP contribution is 2.23. The van der Waals surface area contributed by atoms with Crippen molar-refractivity contribution in [2.45, 2.75) is 25.4 Å². The van der Waals surface area contributed by atoms with E-state index in [1.807, 2.05) is 32.2 Å². The Balaban J connectivity index is 2.08. The molecule has 1 heterocycles.